The summed E-state index contributed by atoms with van der Waals surface area (Å²) in [5.41, 5.74) is 5.95. The van der Waals surface area contributed by atoms with E-state index in [1.54, 1.807) is 7.11 Å². The number of aliphatic imine (C=N–C) groups is 1. The van der Waals surface area contributed by atoms with Gasteiger partial charge in [0.25, 0.3) is 0 Å². The van der Waals surface area contributed by atoms with Crippen molar-refractivity contribution in [2.45, 2.75) is 45.6 Å². The maximum absolute atomic E-state index is 5.72. The maximum atomic E-state index is 5.72. The molecule has 1 unspecified atom stereocenters. The Morgan fingerprint density at radius 2 is 1.89 bits per heavy atom. The highest BCUT2D eigenvalue weighted by molar-refractivity contribution is 5.88. The molecule has 0 saturated carbocycles. The third-order valence-corrected chi connectivity index (χ3v) is 5.77. The van der Waals surface area contributed by atoms with E-state index in [9.17, 15) is 0 Å². The molecule has 150 valence electrons. The largest absolute Gasteiger partial charge is 0.496 e. The topological polar surface area (TPSA) is 28.1 Å². The molecule has 0 bridgehead atoms. The summed E-state index contributed by atoms with van der Waals surface area (Å²) in [6.45, 7) is 10.2. The average Bonchev–Trinajstić information content (AvgIpc) is 2.65. The summed E-state index contributed by atoms with van der Waals surface area (Å²) < 4.78 is 5.72. The van der Waals surface area contributed by atoms with Crippen LogP contribution >= 0.6 is 0 Å². The van der Waals surface area contributed by atoms with Crippen LogP contribution in [0.1, 0.15) is 51.2 Å². The zero-order chi connectivity index (χ0) is 20.5. The lowest BCUT2D eigenvalue weighted by Crippen LogP contribution is -2.48. The molecule has 0 saturated heterocycles. The van der Waals surface area contributed by atoms with E-state index in [0.29, 0.717) is 5.92 Å². The van der Waals surface area contributed by atoms with Crippen molar-refractivity contribution in [3.05, 3.63) is 47.5 Å². The standard InChI is InChI=1S/C24H33N3O/c1-8-27-22-14-23(28-7)18(13-21(22)17(2)15-24(27,3)4)16-25-19-9-11-20(12-10-19)26(5)6/h9-14,16-17H,8,15H2,1-7H3. The summed E-state index contributed by atoms with van der Waals surface area (Å²) in [4.78, 5) is 9.27. The second kappa shape index (κ2) is 7.86. The number of methoxy groups -OCH3 is 1. The van der Waals surface area contributed by atoms with Gasteiger partial charge < -0.3 is 14.5 Å². The predicted molar refractivity (Wildman–Crippen MR) is 121 cm³/mol. The first-order valence-electron chi connectivity index (χ1n) is 10.1. The summed E-state index contributed by atoms with van der Waals surface area (Å²) in [7, 11) is 5.81. The van der Waals surface area contributed by atoms with Crippen LogP contribution in [0.15, 0.2) is 41.4 Å². The molecule has 1 atom stereocenters. The van der Waals surface area contributed by atoms with Crippen LogP contribution in [-0.2, 0) is 0 Å². The van der Waals surface area contributed by atoms with Crippen LogP contribution in [0.2, 0.25) is 0 Å². The minimum Gasteiger partial charge on any atom is -0.496 e. The third kappa shape index (κ3) is 3.87. The number of fused-ring (bicyclic) bond motifs is 1. The second-order valence-corrected chi connectivity index (χ2v) is 8.48. The first-order chi connectivity index (χ1) is 13.3. The Hall–Kier alpha value is -2.49. The summed E-state index contributed by atoms with van der Waals surface area (Å²) in [5.74, 6) is 1.38. The molecule has 0 aromatic heterocycles. The van der Waals surface area contributed by atoms with Gasteiger partial charge in [0.15, 0.2) is 0 Å². The fourth-order valence-electron chi connectivity index (χ4n) is 4.38. The SMILES string of the molecule is CCN1c2cc(OC)c(C=Nc3ccc(N(C)C)cc3)cc2C(C)CC1(C)C. The fourth-order valence-corrected chi connectivity index (χ4v) is 4.38. The van der Waals surface area contributed by atoms with Gasteiger partial charge in [0.05, 0.1) is 12.8 Å². The quantitative estimate of drug-likeness (QED) is 0.631. The number of ether oxygens (including phenoxy) is 1. The first-order valence-corrected chi connectivity index (χ1v) is 10.1. The van der Waals surface area contributed by atoms with Gasteiger partial charge in [-0.2, -0.15) is 0 Å². The summed E-state index contributed by atoms with van der Waals surface area (Å²) >= 11 is 0. The fraction of sp³-hybridized carbons (Fsp3) is 0.458. The number of hydrogen-bond donors (Lipinski definition) is 0. The highest BCUT2D eigenvalue weighted by atomic mass is 16.5. The molecular weight excluding hydrogens is 346 g/mol. The van der Waals surface area contributed by atoms with Gasteiger partial charge in [0.2, 0.25) is 0 Å². The van der Waals surface area contributed by atoms with Gasteiger partial charge >= 0.3 is 0 Å². The minimum atomic E-state index is 0.149. The van der Waals surface area contributed by atoms with Crippen molar-refractivity contribution in [3.63, 3.8) is 0 Å². The second-order valence-electron chi connectivity index (χ2n) is 8.48. The zero-order valence-corrected chi connectivity index (χ0v) is 18.3. The van der Waals surface area contributed by atoms with Crippen molar-refractivity contribution in [3.8, 4) is 5.75 Å². The smallest absolute Gasteiger partial charge is 0.129 e. The molecule has 0 amide bonds. The minimum absolute atomic E-state index is 0.149. The van der Waals surface area contributed by atoms with Crippen molar-refractivity contribution in [2.75, 3.05) is 37.5 Å². The average molecular weight is 380 g/mol. The lowest BCUT2D eigenvalue weighted by molar-refractivity contribution is 0.377. The van der Waals surface area contributed by atoms with Crippen molar-refractivity contribution in [2.24, 2.45) is 4.99 Å². The number of anilines is 2. The van der Waals surface area contributed by atoms with E-state index in [0.717, 1.165) is 30.0 Å². The highest BCUT2D eigenvalue weighted by Gasteiger charge is 2.36. The molecule has 4 nitrogen and oxygen atoms in total. The van der Waals surface area contributed by atoms with Gasteiger partial charge in [0, 0.05) is 55.4 Å². The lowest BCUT2D eigenvalue weighted by Gasteiger charge is -2.47. The Morgan fingerprint density at radius 3 is 2.46 bits per heavy atom. The van der Waals surface area contributed by atoms with Crippen molar-refractivity contribution in [1.29, 1.82) is 0 Å². The Morgan fingerprint density at radius 1 is 1.21 bits per heavy atom. The van der Waals surface area contributed by atoms with Crippen LogP contribution in [0.3, 0.4) is 0 Å². The molecule has 3 rings (SSSR count). The van der Waals surface area contributed by atoms with Gasteiger partial charge in [-0.1, -0.05) is 6.92 Å². The Bertz CT molecular complexity index is 853. The molecule has 0 N–H and O–H groups in total. The predicted octanol–water partition coefficient (Wildman–Crippen LogP) is 5.62. The molecule has 4 heteroatoms. The summed E-state index contributed by atoms with van der Waals surface area (Å²) in [5, 5.41) is 0. The third-order valence-electron chi connectivity index (χ3n) is 5.77. The van der Waals surface area contributed by atoms with Crippen LogP contribution in [0.5, 0.6) is 5.75 Å². The lowest BCUT2D eigenvalue weighted by atomic mass is 9.79. The zero-order valence-electron chi connectivity index (χ0n) is 18.3. The molecule has 2 aromatic carbocycles. The van der Waals surface area contributed by atoms with E-state index in [2.05, 4.69) is 61.8 Å². The van der Waals surface area contributed by atoms with E-state index in [-0.39, 0.29) is 5.54 Å². The summed E-state index contributed by atoms with van der Waals surface area (Å²) in [6.07, 6.45) is 3.06. The van der Waals surface area contributed by atoms with Gasteiger partial charge in [-0.25, -0.2) is 0 Å². The number of benzene rings is 2. The van der Waals surface area contributed by atoms with Gasteiger partial charge in [-0.05, 0) is 69.0 Å². The maximum Gasteiger partial charge on any atom is 0.129 e. The molecule has 2 aromatic rings. The molecule has 1 heterocycles. The van der Waals surface area contributed by atoms with Crippen molar-refractivity contribution >= 4 is 23.3 Å². The van der Waals surface area contributed by atoms with E-state index in [4.69, 9.17) is 9.73 Å². The molecule has 0 fully saturated rings. The van der Waals surface area contributed by atoms with Crippen LogP contribution in [-0.4, -0.2) is 39.5 Å². The Labute approximate surface area is 169 Å². The van der Waals surface area contributed by atoms with Gasteiger partial charge in [-0.3, -0.25) is 4.99 Å². The first kappa shape index (κ1) is 20.2. The molecule has 28 heavy (non-hydrogen) atoms. The Kier molecular flexibility index (Phi) is 5.69. The summed E-state index contributed by atoms with van der Waals surface area (Å²) in [6, 6.07) is 12.7. The van der Waals surface area contributed by atoms with Gasteiger partial charge in [-0.15, -0.1) is 0 Å². The number of rotatable bonds is 5. The molecule has 1 aliphatic rings. The highest BCUT2D eigenvalue weighted by Crippen LogP contribution is 2.45. The molecule has 0 radical (unpaired) electrons. The number of nitrogens with zero attached hydrogens (tertiary/aromatic N) is 3. The van der Waals surface area contributed by atoms with Crippen LogP contribution in [0.25, 0.3) is 0 Å². The van der Waals surface area contributed by atoms with Crippen molar-refractivity contribution in [1.82, 2.24) is 0 Å². The monoisotopic (exact) mass is 379 g/mol. The normalized spacial score (nSPS) is 18.2. The van der Waals surface area contributed by atoms with Crippen molar-refractivity contribution < 1.29 is 4.74 Å². The van der Waals surface area contributed by atoms with Crippen LogP contribution < -0.4 is 14.5 Å². The van der Waals surface area contributed by atoms with E-state index in [1.807, 2.05) is 32.4 Å². The van der Waals surface area contributed by atoms with E-state index >= 15 is 0 Å². The molecule has 1 aliphatic heterocycles. The van der Waals surface area contributed by atoms with E-state index < -0.39 is 0 Å². The Balaban J connectivity index is 1.97. The molecule has 0 aliphatic carbocycles. The van der Waals surface area contributed by atoms with Gasteiger partial charge in [0.1, 0.15) is 5.75 Å². The van der Waals surface area contributed by atoms with Crippen LogP contribution in [0, 0.1) is 0 Å². The van der Waals surface area contributed by atoms with Crippen LogP contribution in [0.4, 0.5) is 17.1 Å². The molecule has 0 spiro atoms. The molecular formula is C24H33N3O. The van der Waals surface area contributed by atoms with E-state index in [1.165, 1.54) is 16.9 Å². The number of hydrogen-bond acceptors (Lipinski definition) is 4.